The van der Waals surface area contributed by atoms with Crippen LogP contribution in [0.5, 0.6) is 5.75 Å². The highest BCUT2D eigenvalue weighted by Gasteiger charge is 2.52. The number of aliphatic imine (C=N–C) groups is 1. The zero-order valence-corrected chi connectivity index (χ0v) is 20.4. The van der Waals surface area contributed by atoms with Crippen molar-refractivity contribution >= 4 is 22.7 Å². The monoisotopic (exact) mass is 450 g/mol. The molecule has 4 saturated carbocycles. The number of hydrogen-bond acceptors (Lipinski definition) is 4. The lowest BCUT2D eigenvalue weighted by molar-refractivity contribution is -0.00689. The van der Waals surface area contributed by atoms with Crippen molar-refractivity contribution in [3.05, 3.63) is 40.9 Å². The second-order valence-electron chi connectivity index (χ2n) is 10.7. The summed E-state index contributed by atoms with van der Waals surface area (Å²) in [7, 11) is 0. The summed E-state index contributed by atoms with van der Waals surface area (Å²) >= 11 is 1.71. The van der Waals surface area contributed by atoms with E-state index in [-0.39, 0.29) is 0 Å². The van der Waals surface area contributed by atoms with Crippen LogP contribution >= 0.6 is 11.3 Å². The summed E-state index contributed by atoms with van der Waals surface area (Å²) in [6, 6.07) is 8.30. The molecule has 3 nitrogen and oxygen atoms in total. The summed E-state index contributed by atoms with van der Waals surface area (Å²) in [6.07, 6.45) is 18.2. The van der Waals surface area contributed by atoms with Crippen LogP contribution in [0.2, 0.25) is 0 Å². The Hall–Kier alpha value is -1.68. The topological polar surface area (TPSA) is 34.5 Å². The molecule has 0 saturated heterocycles. The number of nitrogens with zero attached hydrogens (tertiary/aromatic N) is 2. The largest absolute Gasteiger partial charge is 0.494 e. The van der Waals surface area contributed by atoms with Crippen LogP contribution in [0.1, 0.15) is 95.2 Å². The predicted molar refractivity (Wildman–Crippen MR) is 135 cm³/mol. The molecule has 4 aliphatic rings. The Morgan fingerprint density at radius 3 is 2.31 bits per heavy atom. The van der Waals surface area contributed by atoms with Crippen molar-refractivity contribution in [2.75, 3.05) is 6.61 Å². The molecule has 32 heavy (non-hydrogen) atoms. The van der Waals surface area contributed by atoms with Crippen molar-refractivity contribution in [3.63, 3.8) is 0 Å². The van der Waals surface area contributed by atoms with Crippen molar-refractivity contribution < 1.29 is 4.74 Å². The van der Waals surface area contributed by atoms with Gasteiger partial charge in [0, 0.05) is 17.0 Å². The Bertz CT molecular complexity index is 865. The normalized spacial score (nSPS) is 28.6. The minimum absolute atomic E-state index is 0.369. The summed E-state index contributed by atoms with van der Waals surface area (Å²) in [6.45, 7) is 3.07. The molecular weight excluding hydrogens is 412 g/mol. The third-order valence-corrected chi connectivity index (χ3v) is 8.79. The fraction of sp³-hybridized carbons (Fsp3) is 0.643. The van der Waals surface area contributed by atoms with Gasteiger partial charge in [0.1, 0.15) is 5.75 Å². The molecule has 2 aromatic rings. The van der Waals surface area contributed by atoms with Crippen LogP contribution in [0.25, 0.3) is 0 Å². The number of aromatic nitrogens is 1. The summed E-state index contributed by atoms with van der Waals surface area (Å²) in [4.78, 5) is 9.71. The van der Waals surface area contributed by atoms with Gasteiger partial charge in [-0.15, -0.1) is 11.3 Å². The first kappa shape index (κ1) is 22.1. The molecular formula is C28H38N2OS. The first-order valence-corrected chi connectivity index (χ1v) is 13.8. The van der Waals surface area contributed by atoms with E-state index in [0.717, 1.165) is 47.2 Å². The zero-order chi connectivity index (χ0) is 21.8. The van der Waals surface area contributed by atoms with Crippen molar-refractivity contribution in [1.82, 2.24) is 4.98 Å². The molecule has 0 spiro atoms. The van der Waals surface area contributed by atoms with Gasteiger partial charge in [0.05, 0.1) is 12.3 Å². The number of ether oxygens (including phenoxy) is 1. The second-order valence-corrected chi connectivity index (χ2v) is 11.5. The van der Waals surface area contributed by atoms with Crippen LogP contribution in [0, 0.1) is 17.8 Å². The minimum atomic E-state index is 0.369. The SMILES string of the molecule is CCCCCCCCOc1ccc(/C=N/c2nc(C34CC5CC(CC(C5)C3)C4)cs2)cc1. The molecule has 1 heterocycles. The molecule has 172 valence electrons. The van der Waals surface area contributed by atoms with Crippen molar-refractivity contribution in [2.24, 2.45) is 22.7 Å². The average Bonchev–Trinajstić information content (AvgIpc) is 3.27. The molecule has 1 aromatic carbocycles. The van der Waals surface area contributed by atoms with Gasteiger partial charge < -0.3 is 4.74 Å². The van der Waals surface area contributed by atoms with E-state index in [0.29, 0.717) is 5.41 Å². The lowest BCUT2D eigenvalue weighted by atomic mass is 9.49. The van der Waals surface area contributed by atoms with Gasteiger partial charge >= 0.3 is 0 Å². The Kier molecular flexibility index (Phi) is 6.96. The van der Waals surface area contributed by atoms with Crippen molar-refractivity contribution in [2.45, 2.75) is 89.4 Å². The maximum Gasteiger partial charge on any atom is 0.209 e. The number of hydrogen-bond donors (Lipinski definition) is 0. The number of thiazole rings is 1. The Balaban J connectivity index is 1.12. The minimum Gasteiger partial charge on any atom is -0.494 e. The smallest absolute Gasteiger partial charge is 0.209 e. The predicted octanol–water partition coefficient (Wildman–Crippen LogP) is 8.10. The van der Waals surface area contributed by atoms with Gasteiger partial charge in [-0.05, 0) is 92.5 Å². The van der Waals surface area contributed by atoms with Crippen molar-refractivity contribution in [1.29, 1.82) is 0 Å². The highest BCUT2D eigenvalue weighted by atomic mass is 32.1. The van der Waals surface area contributed by atoms with Gasteiger partial charge in [-0.1, -0.05) is 39.0 Å². The van der Waals surface area contributed by atoms with Crippen LogP contribution in [-0.4, -0.2) is 17.8 Å². The molecule has 0 N–H and O–H groups in total. The summed E-state index contributed by atoms with van der Waals surface area (Å²) < 4.78 is 5.90. The first-order valence-electron chi connectivity index (χ1n) is 13.0. The molecule has 0 amide bonds. The van der Waals surface area contributed by atoms with Gasteiger partial charge in [-0.3, -0.25) is 0 Å². The maximum absolute atomic E-state index is 5.90. The number of benzene rings is 1. The van der Waals surface area contributed by atoms with Gasteiger partial charge in [0.25, 0.3) is 0 Å². The van der Waals surface area contributed by atoms with Crippen LogP contribution in [-0.2, 0) is 5.41 Å². The van der Waals surface area contributed by atoms with Gasteiger partial charge in [0.15, 0.2) is 0 Å². The molecule has 0 atom stereocenters. The average molecular weight is 451 g/mol. The fourth-order valence-electron chi connectivity index (χ4n) is 6.84. The lowest BCUT2D eigenvalue weighted by Gasteiger charge is -2.56. The maximum atomic E-state index is 5.90. The van der Waals surface area contributed by atoms with E-state index in [9.17, 15) is 0 Å². The number of rotatable bonds is 11. The molecule has 0 aliphatic heterocycles. The number of unbranched alkanes of at least 4 members (excludes halogenated alkanes) is 5. The second kappa shape index (κ2) is 10.1. The molecule has 4 fully saturated rings. The van der Waals surface area contributed by atoms with Crippen LogP contribution in [0.15, 0.2) is 34.6 Å². The van der Waals surface area contributed by atoms with E-state index in [4.69, 9.17) is 14.7 Å². The molecule has 0 radical (unpaired) electrons. The van der Waals surface area contributed by atoms with Crippen LogP contribution in [0.3, 0.4) is 0 Å². The fourth-order valence-corrected chi connectivity index (χ4v) is 7.63. The Labute approximate surface area is 197 Å². The molecule has 6 rings (SSSR count). The molecule has 0 unspecified atom stereocenters. The molecule has 4 bridgehead atoms. The van der Waals surface area contributed by atoms with E-state index in [2.05, 4.69) is 36.6 Å². The summed E-state index contributed by atoms with van der Waals surface area (Å²) in [5.74, 6) is 3.82. The molecule has 4 heteroatoms. The third kappa shape index (κ3) is 5.11. The van der Waals surface area contributed by atoms with Gasteiger partial charge in [0.2, 0.25) is 5.13 Å². The van der Waals surface area contributed by atoms with E-state index < -0.39 is 0 Å². The van der Waals surface area contributed by atoms with E-state index in [1.165, 1.54) is 76.3 Å². The van der Waals surface area contributed by atoms with Crippen LogP contribution < -0.4 is 4.74 Å². The molecule has 1 aromatic heterocycles. The highest BCUT2D eigenvalue weighted by molar-refractivity contribution is 7.13. The highest BCUT2D eigenvalue weighted by Crippen LogP contribution is 2.60. The van der Waals surface area contributed by atoms with E-state index in [1.54, 1.807) is 11.3 Å². The van der Waals surface area contributed by atoms with Gasteiger partial charge in [-0.25, -0.2) is 9.98 Å². The Morgan fingerprint density at radius 1 is 0.969 bits per heavy atom. The van der Waals surface area contributed by atoms with Crippen LogP contribution in [0.4, 0.5) is 5.13 Å². The first-order chi connectivity index (χ1) is 15.7. The summed E-state index contributed by atoms with van der Waals surface area (Å²) in [5, 5.41) is 3.21. The lowest BCUT2D eigenvalue weighted by Crippen LogP contribution is -2.48. The quantitative estimate of drug-likeness (QED) is 0.256. The van der Waals surface area contributed by atoms with Crippen molar-refractivity contribution in [3.8, 4) is 5.75 Å². The van der Waals surface area contributed by atoms with E-state index >= 15 is 0 Å². The standard InChI is InChI=1S/C28H38N2OS/c1-2-3-4-5-6-7-12-31-25-10-8-21(9-11-25)19-29-27-30-26(20-32-27)28-16-22-13-23(17-28)15-24(14-22)18-28/h8-11,19-20,22-24H,2-7,12-18H2,1H3/b29-19+. The zero-order valence-electron chi connectivity index (χ0n) is 19.6. The van der Waals surface area contributed by atoms with Gasteiger partial charge in [-0.2, -0.15) is 0 Å². The van der Waals surface area contributed by atoms with E-state index in [1.807, 2.05) is 6.21 Å². The summed E-state index contributed by atoms with van der Waals surface area (Å²) in [5.41, 5.74) is 2.81. The Morgan fingerprint density at radius 2 is 1.62 bits per heavy atom. The third-order valence-electron chi connectivity index (χ3n) is 8.04. The molecule has 4 aliphatic carbocycles.